The first-order valence-electron chi connectivity index (χ1n) is 11.0. The Kier molecular flexibility index (Phi) is 6.20. The maximum Gasteiger partial charge on any atom is 0.222 e. The normalized spacial score (nSPS) is 29.1. The fourth-order valence-corrected chi connectivity index (χ4v) is 4.93. The van der Waals surface area contributed by atoms with Crippen molar-refractivity contribution >= 4 is 11.8 Å². The van der Waals surface area contributed by atoms with E-state index >= 15 is 0 Å². The molecule has 6 heteroatoms. The van der Waals surface area contributed by atoms with Crippen molar-refractivity contribution in [2.45, 2.75) is 70.3 Å². The minimum absolute atomic E-state index is 0.0355. The molecule has 4 atom stereocenters. The summed E-state index contributed by atoms with van der Waals surface area (Å²) < 4.78 is 6.11. The van der Waals surface area contributed by atoms with Crippen molar-refractivity contribution in [3.8, 4) is 0 Å². The molecule has 2 saturated heterocycles. The first-order chi connectivity index (χ1) is 14.0. The topological polar surface area (TPSA) is 70.7 Å². The minimum Gasteiger partial charge on any atom is -0.376 e. The number of nitrogens with one attached hydrogen (secondary N) is 2. The van der Waals surface area contributed by atoms with Crippen LogP contribution in [0.3, 0.4) is 0 Å². The van der Waals surface area contributed by atoms with Crippen LogP contribution >= 0.6 is 0 Å². The Balaban J connectivity index is 1.45. The number of hydrogen-bond donors (Lipinski definition) is 2. The second-order valence-corrected chi connectivity index (χ2v) is 9.16. The Labute approximate surface area is 173 Å². The molecule has 2 N–H and O–H groups in total. The molecular formula is C23H33N3O3. The van der Waals surface area contributed by atoms with Gasteiger partial charge in [-0.2, -0.15) is 0 Å². The molecule has 3 fully saturated rings. The SMILES string of the molecule is CC(C)NC(=O)C[C@@H]1OC[C@@H]2[C@H]1[C@H](CC(=O)NC1CC1)CN2Cc1ccccc1. The summed E-state index contributed by atoms with van der Waals surface area (Å²) in [4.78, 5) is 27.4. The lowest BCUT2D eigenvalue weighted by Crippen LogP contribution is -2.37. The van der Waals surface area contributed by atoms with Crippen LogP contribution in [0.1, 0.15) is 45.1 Å². The molecular weight excluding hydrogens is 366 g/mol. The predicted octanol–water partition coefficient (Wildman–Crippen LogP) is 2.09. The third-order valence-corrected chi connectivity index (χ3v) is 6.29. The Morgan fingerprint density at radius 1 is 1.14 bits per heavy atom. The van der Waals surface area contributed by atoms with E-state index in [1.807, 2.05) is 19.9 Å². The summed E-state index contributed by atoms with van der Waals surface area (Å²) in [7, 11) is 0. The van der Waals surface area contributed by atoms with Crippen molar-refractivity contribution in [3.63, 3.8) is 0 Å². The number of likely N-dealkylation sites (tertiary alicyclic amines) is 1. The number of fused-ring (bicyclic) bond motifs is 1. The smallest absolute Gasteiger partial charge is 0.222 e. The molecule has 6 nitrogen and oxygen atoms in total. The quantitative estimate of drug-likeness (QED) is 0.702. The zero-order valence-corrected chi connectivity index (χ0v) is 17.5. The lowest BCUT2D eigenvalue weighted by molar-refractivity contribution is -0.124. The molecule has 0 spiro atoms. The van der Waals surface area contributed by atoms with Gasteiger partial charge in [-0.25, -0.2) is 0 Å². The highest BCUT2D eigenvalue weighted by atomic mass is 16.5. The number of benzene rings is 1. The summed E-state index contributed by atoms with van der Waals surface area (Å²) in [6.07, 6.45) is 2.99. The molecule has 3 aliphatic rings. The van der Waals surface area contributed by atoms with Gasteiger partial charge in [0.25, 0.3) is 0 Å². The van der Waals surface area contributed by atoms with Crippen LogP contribution < -0.4 is 10.6 Å². The second-order valence-electron chi connectivity index (χ2n) is 9.16. The van der Waals surface area contributed by atoms with Gasteiger partial charge in [0.2, 0.25) is 11.8 Å². The fraction of sp³-hybridized carbons (Fsp3) is 0.652. The lowest BCUT2D eigenvalue weighted by Gasteiger charge is -2.23. The third-order valence-electron chi connectivity index (χ3n) is 6.29. The van der Waals surface area contributed by atoms with Crippen molar-refractivity contribution < 1.29 is 14.3 Å². The number of nitrogens with zero attached hydrogens (tertiary/aromatic N) is 1. The van der Waals surface area contributed by atoms with Crippen molar-refractivity contribution in [2.75, 3.05) is 13.2 Å². The van der Waals surface area contributed by atoms with Crippen LogP contribution in [0.15, 0.2) is 30.3 Å². The second kappa shape index (κ2) is 8.84. The van der Waals surface area contributed by atoms with E-state index in [-0.39, 0.29) is 41.8 Å². The molecule has 2 amide bonds. The van der Waals surface area contributed by atoms with E-state index in [0.717, 1.165) is 25.9 Å². The number of carbonyl (C=O) groups is 2. The summed E-state index contributed by atoms with van der Waals surface area (Å²) in [5, 5.41) is 6.11. The van der Waals surface area contributed by atoms with Gasteiger partial charge in [0, 0.05) is 43.6 Å². The maximum atomic E-state index is 12.5. The number of carbonyl (C=O) groups excluding carboxylic acids is 2. The van der Waals surface area contributed by atoms with Gasteiger partial charge in [0.1, 0.15) is 0 Å². The zero-order chi connectivity index (χ0) is 20.4. The highest BCUT2D eigenvalue weighted by molar-refractivity contribution is 5.77. The number of hydrogen-bond acceptors (Lipinski definition) is 4. The molecule has 158 valence electrons. The third kappa shape index (κ3) is 5.17. The van der Waals surface area contributed by atoms with E-state index in [4.69, 9.17) is 4.74 Å². The van der Waals surface area contributed by atoms with Crippen LogP contribution in [0.2, 0.25) is 0 Å². The Morgan fingerprint density at radius 2 is 1.90 bits per heavy atom. The lowest BCUT2D eigenvalue weighted by atomic mass is 9.84. The molecule has 1 aromatic carbocycles. The molecule has 2 aliphatic heterocycles. The monoisotopic (exact) mass is 399 g/mol. The van der Waals surface area contributed by atoms with Crippen LogP contribution in [-0.2, 0) is 20.9 Å². The number of rotatable bonds is 8. The average Bonchev–Trinajstić information content (AvgIpc) is 3.28. The van der Waals surface area contributed by atoms with Gasteiger partial charge in [-0.1, -0.05) is 30.3 Å². The van der Waals surface area contributed by atoms with Crippen molar-refractivity contribution in [2.24, 2.45) is 11.8 Å². The molecule has 0 bridgehead atoms. The standard InChI is InChI=1S/C23H33N3O3/c1-15(2)24-22(28)11-20-23-17(10-21(27)25-18-8-9-18)13-26(19(23)14-29-20)12-16-6-4-3-5-7-16/h3-7,15,17-20,23H,8-14H2,1-2H3,(H,24,28)(H,25,27)/t17-,19-,20+,23-/m1/s1. The summed E-state index contributed by atoms with van der Waals surface area (Å²) in [5.41, 5.74) is 1.27. The number of ether oxygens (including phenoxy) is 1. The number of amides is 2. The Hall–Kier alpha value is -1.92. The fourth-order valence-electron chi connectivity index (χ4n) is 4.93. The molecule has 0 aromatic heterocycles. The average molecular weight is 400 g/mol. The summed E-state index contributed by atoms with van der Waals surface area (Å²) in [6, 6.07) is 11.2. The molecule has 29 heavy (non-hydrogen) atoms. The van der Waals surface area contributed by atoms with Crippen molar-refractivity contribution in [1.29, 1.82) is 0 Å². The van der Waals surface area contributed by atoms with E-state index < -0.39 is 0 Å². The van der Waals surface area contributed by atoms with E-state index in [1.54, 1.807) is 0 Å². The molecule has 0 radical (unpaired) electrons. The maximum absolute atomic E-state index is 12.5. The summed E-state index contributed by atoms with van der Waals surface area (Å²) in [5.74, 6) is 0.631. The van der Waals surface area contributed by atoms with Crippen molar-refractivity contribution in [1.82, 2.24) is 15.5 Å². The van der Waals surface area contributed by atoms with Gasteiger partial charge in [-0.3, -0.25) is 14.5 Å². The Morgan fingerprint density at radius 3 is 2.59 bits per heavy atom. The molecule has 1 saturated carbocycles. The van der Waals surface area contributed by atoms with Gasteiger partial charge in [-0.05, 0) is 38.2 Å². The van der Waals surface area contributed by atoms with Crippen LogP contribution in [0.4, 0.5) is 0 Å². The minimum atomic E-state index is -0.113. The van der Waals surface area contributed by atoms with Gasteiger partial charge in [0.05, 0.1) is 19.1 Å². The van der Waals surface area contributed by atoms with Gasteiger partial charge < -0.3 is 15.4 Å². The predicted molar refractivity (Wildman–Crippen MR) is 111 cm³/mol. The molecule has 2 heterocycles. The van der Waals surface area contributed by atoms with E-state index in [9.17, 15) is 9.59 Å². The molecule has 1 aliphatic carbocycles. The zero-order valence-electron chi connectivity index (χ0n) is 17.5. The highest BCUT2D eigenvalue weighted by Crippen LogP contribution is 2.42. The van der Waals surface area contributed by atoms with Crippen LogP contribution in [0, 0.1) is 11.8 Å². The van der Waals surface area contributed by atoms with E-state index in [0.29, 0.717) is 25.5 Å². The van der Waals surface area contributed by atoms with E-state index in [2.05, 4.69) is 39.8 Å². The molecule has 1 aromatic rings. The summed E-state index contributed by atoms with van der Waals surface area (Å²) in [6.45, 7) is 6.32. The van der Waals surface area contributed by atoms with Crippen molar-refractivity contribution in [3.05, 3.63) is 35.9 Å². The van der Waals surface area contributed by atoms with Crippen LogP contribution in [0.5, 0.6) is 0 Å². The van der Waals surface area contributed by atoms with Gasteiger partial charge in [-0.15, -0.1) is 0 Å². The Bertz CT molecular complexity index is 719. The van der Waals surface area contributed by atoms with E-state index in [1.165, 1.54) is 5.56 Å². The largest absolute Gasteiger partial charge is 0.376 e. The summed E-state index contributed by atoms with van der Waals surface area (Å²) >= 11 is 0. The van der Waals surface area contributed by atoms with Gasteiger partial charge >= 0.3 is 0 Å². The highest BCUT2D eigenvalue weighted by Gasteiger charge is 2.51. The van der Waals surface area contributed by atoms with Gasteiger partial charge in [0.15, 0.2) is 0 Å². The first kappa shape index (κ1) is 20.4. The van der Waals surface area contributed by atoms with Crippen LogP contribution in [-0.4, -0.2) is 54.1 Å². The first-order valence-corrected chi connectivity index (χ1v) is 11.0. The molecule has 4 rings (SSSR count). The van der Waals surface area contributed by atoms with Crippen LogP contribution in [0.25, 0.3) is 0 Å². The molecule has 0 unspecified atom stereocenters.